The Labute approximate surface area is 174 Å². The smallest absolute Gasteiger partial charge is 0.235 e. The summed E-state index contributed by atoms with van der Waals surface area (Å²) in [5, 5.41) is 8.25. The van der Waals surface area contributed by atoms with E-state index in [1.165, 1.54) is 0 Å². The fourth-order valence-corrected chi connectivity index (χ4v) is 4.14. The van der Waals surface area contributed by atoms with E-state index in [1.54, 1.807) is 4.68 Å². The molecule has 30 heavy (non-hydrogen) atoms. The second kappa shape index (κ2) is 6.69. The lowest BCUT2D eigenvalue weighted by Crippen LogP contribution is -2.27. The van der Waals surface area contributed by atoms with Gasteiger partial charge < -0.3 is 11.1 Å². The molecule has 4 aromatic rings. The molecule has 3 N–H and O–H groups in total. The van der Waals surface area contributed by atoms with Gasteiger partial charge in [-0.3, -0.25) is 4.79 Å². The SMILES string of the molecule is Cc1cc(-c2ccc(NC(=O)C3(c4ccccc4)CC3)cc2)c2c(N)nn(C)c2n1. The molecule has 1 aliphatic carbocycles. The van der Waals surface area contributed by atoms with Crippen LogP contribution in [0.4, 0.5) is 11.5 Å². The zero-order chi connectivity index (χ0) is 20.9. The predicted octanol–water partition coefficient (Wildman–Crippen LogP) is 4.20. The standard InChI is InChI=1S/C24H23N5O/c1-15-14-19(20-21(25)28-29(2)22(20)26-15)16-8-10-18(11-9-16)27-23(30)24(12-13-24)17-6-4-3-5-7-17/h3-11,14H,12-13H2,1-2H3,(H2,25,28)(H,27,30). The van der Waals surface area contributed by atoms with Gasteiger partial charge in [0.1, 0.15) is 0 Å². The van der Waals surface area contributed by atoms with Crippen molar-refractivity contribution in [3.8, 4) is 11.1 Å². The van der Waals surface area contributed by atoms with Crippen LogP contribution in [0.25, 0.3) is 22.2 Å². The average molecular weight is 397 g/mol. The number of nitrogen functional groups attached to an aromatic ring is 1. The number of carbonyl (C=O) groups excluding carboxylic acids is 1. The molecule has 5 rings (SSSR count). The molecule has 0 spiro atoms. The Bertz CT molecular complexity index is 1250. The van der Waals surface area contributed by atoms with E-state index in [1.807, 2.05) is 74.6 Å². The lowest BCUT2D eigenvalue weighted by Gasteiger charge is -2.16. The first kappa shape index (κ1) is 18.4. The minimum Gasteiger partial charge on any atom is -0.382 e. The largest absolute Gasteiger partial charge is 0.382 e. The molecule has 2 aromatic heterocycles. The maximum absolute atomic E-state index is 13.0. The van der Waals surface area contributed by atoms with Crippen molar-refractivity contribution in [1.82, 2.24) is 14.8 Å². The number of rotatable bonds is 4. The third-order valence-electron chi connectivity index (χ3n) is 5.91. The molecule has 150 valence electrons. The minimum atomic E-state index is -0.390. The van der Waals surface area contributed by atoms with Gasteiger partial charge in [-0.25, -0.2) is 9.67 Å². The normalized spacial score (nSPS) is 14.6. The number of nitrogens with one attached hydrogen (secondary N) is 1. The van der Waals surface area contributed by atoms with E-state index in [9.17, 15) is 4.79 Å². The van der Waals surface area contributed by atoms with Crippen molar-refractivity contribution >= 4 is 28.4 Å². The highest BCUT2D eigenvalue weighted by molar-refractivity contribution is 6.02. The summed E-state index contributed by atoms with van der Waals surface area (Å²) in [6.07, 6.45) is 1.77. The molecule has 0 atom stereocenters. The number of aromatic nitrogens is 3. The van der Waals surface area contributed by atoms with Gasteiger partial charge in [0.2, 0.25) is 5.91 Å². The van der Waals surface area contributed by atoms with Gasteiger partial charge in [0.25, 0.3) is 0 Å². The monoisotopic (exact) mass is 397 g/mol. The molecule has 1 saturated carbocycles. The Balaban J connectivity index is 1.43. The van der Waals surface area contributed by atoms with E-state index >= 15 is 0 Å². The van der Waals surface area contributed by atoms with E-state index in [0.717, 1.165) is 51.9 Å². The van der Waals surface area contributed by atoms with Gasteiger partial charge >= 0.3 is 0 Å². The van der Waals surface area contributed by atoms with Crippen LogP contribution in [0.15, 0.2) is 60.7 Å². The van der Waals surface area contributed by atoms with Crippen LogP contribution < -0.4 is 11.1 Å². The summed E-state index contributed by atoms with van der Waals surface area (Å²) < 4.78 is 1.70. The maximum Gasteiger partial charge on any atom is 0.235 e. The number of aryl methyl sites for hydroxylation is 2. The number of anilines is 2. The lowest BCUT2D eigenvalue weighted by atomic mass is 9.95. The first-order chi connectivity index (χ1) is 14.5. The van der Waals surface area contributed by atoms with Crippen LogP contribution >= 0.6 is 0 Å². The molecule has 2 heterocycles. The van der Waals surface area contributed by atoms with Crippen molar-refractivity contribution in [3.63, 3.8) is 0 Å². The Morgan fingerprint density at radius 2 is 1.80 bits per heavy atom. The molecule has 0 unspecified atom stereocenters. The number of amides is 1. The van der Waals surface area contributed by atoms with Crippen molar-refractivity contribution in [2.45, 2.75) is 25.2 Å². The molecule has 1 amide bonds. The first-order valence-corrected chi connectivity index (χ1v) is 10.1. The third-order valence-corrected chi connectivity index (χ3v) is 5.91. The van der Waals surface area contributed by atoms with E-state index in [0.29, 0.717) is 5.82 Å². The summed E-state index contributed by atoms with van der Waals surface area (Å²) in [6, 6.07) is 19.9. The Morgan fingerprint density at radius 1 is 1.10 bits per heavy atom. The first-order valence-electron chi connectivity index (χ1n) is 10.1. The number of nitrogens with zero attached hydrogens (tertiary/aromatic N) is 3. The molecule has 6 nitrogen and oxygen atoms in total. The summed E-state index contributed by atoms with van der Waals surface area (Å²) >= 11 is 0. The van der Waals surface area contributed by atoms with E-state index < -0.39 is 5.41 Å². The Hall–Kier alpha value is -3.67. The summed E-state index contributed by atoms with van der Waals surface area (Å²) in [7, 11) is 1.84. The van der Waals surface area contributed by atoms with Gasteiger partial charge in [0, 0.05) is 18.4 Å². The fraction of sp³-hybridized carbons (Fsp3) is 0.208. The molecular formula is C24H23N5O. The minimum absolute atomic E-state index is 0.0556. The number of carbonyl (C=O) groups is 1. The number of fused-ring (bicyclic) bond motifs is 1. The van der Waals surface area contributed by atoms with Crippen LogP contribution in [-0.4, -0.2) is 20.7 Å². The molecular weight excluding hydrogens is 374 g/mol. The van der Waals surface area contributed by atoms with Gasteiger partial charge in [0.05, 0.1) is 10.8 Å². The molecule has 1 aliphatic rings. The van der Waals surface area contributed by atoms with Crippen molar-refractivity contribution in [1.29, 1.82) is 0 Å². The molecule has 0 radical (unpaired) electrons. The Morgan fingerprint density at radius 3 is 2.47 bits per heavy atom. The topological polar surface area (TPSA) is 85.8 Å². The number of nitrogens with two attached hydrogens (primary N) is 1. The Kier molecular flexibility index (Phi) is 4.10. The van der Waals surface area contributed by atoms with Crippen LogP contribution in [-0.2, 0) is 17.3 Å². The molecule has 0 aliphatic heterocycles. The molecule has 0 saturated heterocycles. The second-order valence-electron chi connectivity index (χ2n) is 8.00. The van der Waals surface area contributed by atoms with Gasteiger partial charge in [-0.2, -0.15) is 5.10 Å². The van der Waals surface area contributed by atoms with Crippen LogP contribution in [0.1, 0.15) is 24.1 Å². The van der Waals surface area contributed by atoms with Crippen molar-refractivity contribution < 1.29 is 4.79 Å². The summed E-state index contributed by atoms with van der Waals surface area (Å²) in [4.78, 5) is 17.5. The molecule has 1 fully saturated rings. The van der Waals surface area contributed by atoms with Crippen molar-refractivity contribution in [2.75, 3.05) is 11.1 Å². The highest BCUT2D eigenvalue weighted by Gasteiger charge is 2.51. The molecule has 6 heteroatoms. The van der Waals surface area contributed by atoms with Crippen LogP contribution in [0.3, 0.4) is 0 Å². The number of pyridine rings is 1. The van der Waals surface area contributed by atoms with Gasteiger partial charge in [-0.1, -0.05) is 42.5 Å². The van der Waals surface area contributed by atoms with Crippen LogP contribution in [0, 0.1) is 6.92 Å². The van der Waals surface area contributed by atoms with E-state index in [2.05, 4.69) is 15.4 Å². The maximum atomic E-state index is 13.0. The van der Waals surface area contributed by atoms with Crippen LogP contribution in [0.5, 0.6) is 0 Å². The van der Waals surface area contributed by atoms with Gasteiger partial charge in [-0.05, 0) is 54.7 Å². The second-order valence-corrected chi connectivity index (χ2v) is 8.00. The number of benzene rings is 2. The number of hydrogen-bond acceptors (Lipinski definition) is 4. The van der Waals surface area contributed by atoms with Crippen LogP contribution in [0.2, 0.25) is 0 Å². The predicted molar refractivity (Wildman–Crippen MR) is 119 cm³/mol. The quantitative estimate of drug-likeness (QED) is 0.540. The summed E-state index contributed by atoms with van der Waals surface area (Å²) in [6.45, 7) is 1.96. The summed E-state index contributed by atoms with van der Waals surface area (Å²) in [5.74, 6) is 0.519. The van der Waals surface area contributed by atoms with Crippen molar-refractivity contribution in [3.05, 3.63) is 71.9 Å². The van der Waals surface area contributed by atoms with Crippen molar-refractivity contribution in [2.24, 2.45) is 7.05 Å². The zero-order valence-corrected chi connectivity index (χ0v) is 17.0. The highest BCUT2D eigenvalue weighted by Crippen LogP contribution is 2.49. The fourth-order valence-electron chi connectivity index (χ4n) is 4.14. The summed E-state index contributed by atoms with van der Waals surface area (Å²) in [5.41, 5.74) is 11.3. The molecule has 0 bridgehead atoms. The zero-order valence-electron chi connectivity index (χ0n) is 17.0. The highest BCUT2D eigenvalue weighted by atomic mass is 16.2. The van der Waals surface area contributed by atoms with Gasteiger partial charge in [0.15, 0.2) is 11.5 Å². The number of hydrogen-bond donors (Lipinski definition) is 2. The van der Waals surface area contributed by atoms with E-state index in [4.69, 9.17) is 5.73 Å². The lowest BCUT2D eigenvalue weighted by molar-refractivity contribution is -0.118. The third kappa shape index (κ3) is 2.92. The molecule has 2 aromatic carbocycles. The average Bonchev–Trinajstić information content (AvgIpc) is 3.51. The van der Waals surface area contributed by atoms with E-state index in [-0.39, 0.29) is 5.91 Å². The van der Waals surface area contributed by atoms with Gasteiger partial charge in [-0.15, -0.1) is 0 Å².